The van der Waals surface area contributed by atoms with E-state index in [2.05, 4.69) is 27.4 Å². The van der Waals surface area contributed by atoms with Crippen molar-refractivity contribution in [2.45, 2.75) is 72.0 Å². The molecule has 1 aliphatic carbocycles. The van der Waals surface area contributed by atoms with Gasteiger partial charge in [0.05, 0.1) is 6.61 Å². The Morgan fingerprint density at radius 2 is 1.82 bits per heavy atom. The van der Waals surface area contributed by atoms with Crippen molar-refractivity contribution in [1.29, 1.82) is 0 Å². The third-order valence-electron chi connectivity index (χ3n) is 7.19. The van der Waals surface area contributed by atoms with Crippen LogP contribution in [0.4, 0.5) is 10.5 Å². The lowest BCUT2D eigenvalue weighted by molar-refractivity contribution is 0.0949. The van der Waals surface area contributed by atoms with Gasteiger partial charge >= 0.3 is 6.09 Å². The second kappa shape index (κ2) is 13.3. The maximum Gasteiger partial charge on any atom is 0.404 e. The molecule has 2 aromatic rings. The highest BCUT2D eigenvalue weighted by Gasteiger charge is 2.28. The molecule has 0 radical (unpaired) electrons. The number of hydrogen-bond acceptors (Lipinski definition) is 6. The van der Waals surface area contributed by atoms with Crippen LogP contribution in [0.3, 0.4) is 0 Å². The number of pyridine rings is 1. The molecule has 10 heteroatoms. The molecular formula is C28H40N4O6. The molecular weight excluding hydrogens is 488 g/mol. The summed E-state index contributed by atoms with van der Waals surface area (Å²) in [5.74, 6) is 0.280. The van der Waals surface area contributed by atoms with Crippen LogP contribution in [-0.2, 0) is 11.3 Å². The van der Waals surface area contributed by atoms with Crippen molar-refractivity contribution in [2.24, 2.45) is 0 Å². The number of nitrogens with zero attached hydrogens (tertiary/aromatic N) is 1. The summed E-state index contributed by atoms with van der Waals surface area (Å²) in [5.41, 5.74) is 4.13. The number of anilines is 1. The molecule has 38 heavy (non-hydrogen) atoms. The molecule has 10 nitrogen and oxygen atoms in total. The van der Waals surface area contributed by atoms with Crippen LogP contribution < -0.4 is 25.8 Å². The number of H-pyrrole nitrogens is 1. The fraction of sp³-hybridized carbons (Fsp3) is 0.536. The summed E-state index contributed by atoms with van der Waals surface area (Å²) in [6.45, 7) is 9.28. The summed E-state index contributed by atoms with van der Waals surface area (Å²) in [7, 11) is 1.60. The highest BCUT2D eigenvalue weighted by atomic mass is 16.5. The number of carbonyl (C=O) groups is 2. The van der Waals surface area contributed by atoms with Gasteiger partial charge in [-0.25, -0.2) is 4.79 Å². The number of carbonyl (C=O) groups excluding carboxylic acids is 1. The number of methoxy groups -OCH3 is 1. The van der Waals surface area contributed by atoms with Gasteiger partial charge < -0.3 is 35.1 Å². The van der Waals surface area contributed by atoms with E-state index in [-0.39, 0.29) is 30.1 Å². The molecule has 0 saturated heterocycles. The lowest BCUT2D eigenvalue weighted by atomic mass is 9.89. The highest BCUT2D eigenvalue weighted by molar-refractivity contribution is 5.97. The first-order valence-corrected chi connectivity index (χ1v) is 13.1. The molecule has 1 fully saturated rings. The lowest BCUT2D eigenvalue weighted by Crippen LogP contribution is -2.44. The first-order valence-electron chi connectivity index (χ1n) is 13.1. The number of rotatable bonds is 11. The molecule has 0 bridgehead atoms. The number of hydrogen-bond donors (Lipinski definition) is 4. The van der Waals surface area contributed by atoms with Crippen molar-refractivity contribution < 1.29 is 24.2 Å². The van der Waals surface area contributed by atoms with E-state index in [1.165, 1.54) is 0 Å². The summed E-state index contributed by atoms with van der Waals surface area (Å²) < 4.78 is 11.0. The van der Waals surface area contributed by atoms with Crippen LogP contribution in [0.15, 0.2) is 23.0 Å². The predicted molar refractivity (Wildman–Crippen MR) is 146 cm³/mol. The monoisotopic (exact) mass is 528 g/mol. The molecule has 3 rings (SSSR count). The zero-order chi connectivity index (χ0) is 27.8. The lowest BCUT2D eigenvalue weighted by Gasteiger charge is -2.39. The summed E-state index contributed by atoms with van der Waals surface area (Å²) in [4.78, 5) is 42.0. The van der Waals surface area contributed by atoms with E-state index in [0.717, 1.165) is 54.7 Å². The molecule has 1 aliphatic rings. The number of carboxylic acid groups (broad SMARTS) is 1. The minimum Gasteiger partial charge on any atom is -0.491 e. The number of benzene rings is 1. The Hall–Kier alpha value is -3.53. The van der Waals surface area contributed by atoms with Crippen molar-refractivity contribution >= 4 is 17.7 Å². The van der Waals surface area contributed by atoms with Gasteiger partial charge in [-0.05, 0) is 76.6 Å². The second-order valence-corrected chi connectivity index (χ2v) is 9.82. The van der Waals surface area contributed by atoms with Crippen molar-refractivity contribution in [3.8, 4) is 5.75 Å². The van der Waals surface area contributed by atoms with Crippen LogP contribution in [0.5, 0.6) is 5.75 Å². The Labute approximate surface area is 223 Å². The van der Waals surface area contributed by atoms with E-state index in [0.29, 0.717) is 30.1 Å². The minimum absolute atomic E-state index is 0.0398. The Morgan fingerprint density at radius 1 is 1.11 bits per heavy atom. The van der Waals surface area contributed by atoms with E-state index >= 15 is 0 Å². The number of nitrogens with one attached hydrogen (secondary N) is 3. The van der Waals surface area contributed by atoms with Crippen LogP contribution in [0.25, 0.3) is 0 Å². The first-order chi connectivity index (χ1) is 18.1. The van der Waals surface area contributed by atoms with Crippen molar-refractivity contribution in [1.82, 2.24) is 15.6 Å². The fourth-order valence-electron chi connectivity index (χ4n) is 5.23. The van der Waals surface area contributed by atoms with Crippen LogP contribution >= 0.6 is 0 Å². The predicted octanol–water partition coefficient (Wildman–Crippen LogP) is 3.66. The third-order valence-corrected chi connectivity index (χ3v) is 7.19. The zero-order valence-electron chi connectivity index (χ0n) is 23.0. The quantitative estimate of drug-likeness (QED) is 0.327. The average molecular weight is 529 g/mol. The smallest absolute Gasteiger partial charge is 0.404 e. The van der Waals surface area contributed by atoms with Gasteiger partial charge in [-0.1, -0.05) is 0 Å². The molecule has 208 valence electrons. The van der Waals surface area contributed by atoms with Crippen molar-refractivity contribution in [2.75, 3.05) is 31.8 Å². The van der Waals surface area contributed by atoms with Gasteiger partial charge in [-0.3, -0.25) is 9.59 Å². The second-order valence-electron chi connectivity index (χ2n) is 9.82. The standard InChI is InChI=1S/C28H40N4O6/c1-6-32(21-9-7-20(8-10-21)31-28(35)36)25-15-22(38-12-11-37-5)14-23(19(25)4)26(33)29-16-24-17(2)13-18(3)30-27(24)34/h13-15,20-21,31H,6-12,16H2,1-5H3,(H,29,33)(H,30,34)(H,35,36). The molecule has 0 aliphatic heterocycles. The molecule has 2 amide bonds. The molecule has 0 unspecified atom stereocenters. The largest absolute Gasteiger partial charge is 0.491 e. The van der Waals surface area contributed by atoms with Crippen LogP contribution in [-0.4, -0.2) is 61.0 Å². The number of aromatic amines is 1. The minimum atomic E-state index is -0.990. The number of ether oxygens (including phenoxy) is 2. The normalized spacial score (nSPS) is 17.1. The zero-order valence-corrected chi connectivity index (χ0v) is 23.0. The third kappa shape index (κ3) is 7.28. The van der Waals surface area contributed by atoms with E-state index in [1.807, 2.05) is 32.9 Å². The molecule has 1 aromatic carbocycles. The maximum atomic E-state index is 13.4. The van der Waals surface area contributed by atoms with Gasteiger partial charge in [0.15, 0.2) is 0 Å². The maximum absolute atomic E-state index is 13.4. The van der Waals surface area contributed by atoms with Crippen molar-refractivity contribution in [3.05, 3.63) is 56.5 Å². The van der Waals surface area contributed by atoms with E-state index in [9.17, 15) is 14.4 Å². The van der Waals surface area contributed by atoms with Crippen LogP contribution in [0.2, 0.25) is 0 Å². The summed E-state index contributed by atoms with van der Waals surface area (Å²) in [6, 6.07) is 5.75. The van der Waals surface area contributed by atoms with Crippen molar-refractivity contribution in [3.63, 3.8) is 0 Å². The SMILES string of the molecule is CCN(c1cc(OCCOC)cc(C(=O)NCc2c(C)cc(C)[nH]c2=O)c1C)C1CCC(NC(=O)O)CC1. The molecule has 1 heterocycles. The van der Waals surface area contributed by atoms with Crippen LogP contribution in [0, 0.1) is 20.8 Å². The highest BCUT2D eigenvalue weighted by Crippen LogP contribution is 2.34. The summed E-state index contributed by atoms with van der Waals surface area (Å²) >= 11 is 0. The summed E-state index contributed by atoms with van der Waals surface area (Å²) in [6.07, 6.45) is 2.20. The van der Waals surface area contributed by atoms with E-state index in [1.54, 1.807) is 13.2 Å². The molecule has 0 atom stereocenters. The molecule has 4 N–H and O–H groups in total. The van der Waals surface area contributed by atoms with E-state index < -0.39 is 6.09 Å². The Kier molecular flexibility index (Phi) is 10.2. The number of aryl methyl sites for hydroxylation is 2. The van der Waals surface area contributed by atoms with Gasteiger partial charge in [0, 0.05) is 60.9 Å². The molecule has 1 aromatic heterocycles. The summed E-state index contributed by atoms with van der Waals surface area (Å²) in [5, 5.41) is 14.6. The average Bonchev–Trinajstić information content (AvgIpc) is 2.86. The molecule has 0 spiro atoms. The number of amides is 2. The van der Waals surface area contributed by atoms with Gasteiger partial charge in [-0.15, -0.1) is 0 Å². The fourth-order valence-corrected chi connectivity index (χ4v) is 5.23. The number of aromatic nitrogens is 1. The van der Waals surface area contributed by atoms with Gasteiger partial charge in [0.25, 0.3) is 11.5 Å². The van der Waals surface area contributed by atoms with E-state index in [4.69, 9.17) is 14.6 Å². The molecule has 1 saturated carbocycles. The van der Waals surface area contributed by atoms with Gasteiger partial charge in [0.2, 0.25) is 0 Å². The topological polar surface area (TPSA) is 133 Å². The Morgan fingerprint density at radius 3 is 2.42 bits per heavy atom. The van der Waals surface area contributed by atoms with Gasteiger partial charge in [0.1, 0.15) is 12.4 Å². The Bertz CT molecular complexity index is 1190. The van der Waals surface area contributed by atoms with Gasteiger partial charge in [-0.2, -0.15) is 0 Å². The Balaban J connectivity index is 1.87. The first kappa shape index (κ1) is 29.0. The van der Waals surface area contributed by atoms with Crippen LogP contribution in [0.1, 0.15) is 65.3 Å².